The number of aromatic nitrogens is 2. The third-order valence-corrected chi connectivity index (χ3v) is 4.20. The van der Waals surface area contributed by atoms with Gasteiger partial charge in [-0.2, -0.15) is 0 Å². The molecule has 2 rings (SSSR count). The summed E-state index contributed by atoms with van der Waals surface area (Å²) in [6.45, 7) is 1.82. The second kappa shape index (κ2) is 7.71. The normalized spacial score (nSPS) is 28.1. The molecule has 7 nitrogen and oxygen atoms in total. The van der Waals surface area contributed by atoms with E-state index in [1.807, 2.05) is 0 Å². The van der Waals surface area contributed by atoms with Crippen LogP contribution in [0.1, 0.15) is 45.3 Å². The summed E-state index contributed by atoms with van der Waals surface area (Å²) in [7, 11) is 0. The fourth-order valence-corrected chi connectivity index (χ4v) is 2.98. The number of aliphatic hydroxyl groups is 2. The predicted octanol–water partition coefficient (Wildman–Crippen LogP) is 0.374. The summed E-state index contributed by atoms with van der Waals surface area (Å²) in [5.74, 6) is -0.280. The van der Waals surface area contributed by atoms with Crippen LogP contribution in [0.3, 0.4) is 0 Å². The van der Waals surface area contributed by atoms with Crippen molar-refractivity contribution in [2.45, 2.75) is 57.5 Å². The lowest BCUT2D eigenvalue weighted by molar-refractivity contribution is -0.0483. The van der Waals surface area contributed by atoms with E-state index in [1.54, 1.807) is 0 Å². The van der Waals surface area contributed by atoms with Crippen LogP contribution in [-0.2, 0) is 4.74 Å². The fourth-order valence-electron chi connectivity index (χ4n) is 2.98. The van der Waals surface area contributed by atoms with E-state index in [2.05, 4.69) is 11.9 Å². The standard InChI is InChI=1S/C15H24N2O5/c1-2-3-4-5-6-10-13(20)11(9-18)22-14(10)17-8-7-12(19)16-15(17)21/h7-8,10-11,13-14,18,20H,2-6,9H2,1H3,(H,16,19,21)/t10?,11-,13+,14-/m1/s1. The molecule has 0 spiro atoms. The fraction of sp³-hybridized carbons (Fsp3) is 0.733. The van der Waals surface area contributed by atoms with Gasteiger partial charge in [-0.1, -0.05) is 32.6 Å². The van der Waals surface area contributed by atoms with Crippen LogP contribution < -0.4 is 11.2 Å². The first-order chi connectivity index (χ1) is 10.6. The molecule has 0 saturated carbocycles. The molecule has 1 saturated heterocycles. The van der Waals surface area contributed by atoms with Crippen LogP contribution >= 0.6 is 0 Å². The highest BCUT2D eigenvalue weighted by Gasteiger charge is 2.44. The quantitative estimate of drug-likeness (QED) is 0.631. The van der Waals surface area contributed by atoms with Gasteiger partial charge in [-0.3, -0.25) is 14.3 Å². The number of aromatic amines is 1. The maximum atomic E-state index is 11.9. The third-order valence-electron chi connectivity index (χ3n) is 4.20. The Bertz CT molecular complexity index is 582. The summed E-state index contributed by atoms with van der Waals surface area (Å²) in [5, 5.41) is 19.6. The van der Waals surface area contributed by atoms with E-state index >= 15 is 0 Å². The summed E-state index contributed by atoms with van der Waals surface area (Å²) < 4.78 is 6.92. The third kappa shape index (κ3) is 3.66. The Kier molecular flexibility index (Phi) is 5.93. The smallest absolute Gasteiger partial charge is 0.330 e. The van der Waals surface area contributed by atoms with Crippen molar-refractivity contribution in [3.63, 3.8) is 0 Å². The van der Waals surface area contributed by atoms with Crippen LogP contribution in [0.15, 0.2) is 21.9 Å². The Morgan fingerprint density at radius 1 is 1.32 bits per heavy atom. The van der Waals surface area contributed by atoms with Crippen molar-refractivity contribution >= 4 is 0 Å². The maximum Gasteiger partial charge on any atom is 0.330 e. The highest BCUT2D eigenvalue weighted by Crippen LogP contribution is 2.37. The second-order valence-electron chi connectivity index (χ2n) is 5.77. The first kappa shape index (κ1) is 16.9. The van der Waals surface area contributed by atoms with Gasteiger partial charge < -0.3 is 14.9 Å². The minimum atomic E-state index is -0.824. The SMILES string of the molecule is CCCCCCC1[C@H](n2ccc(=O)[nH]c2=O)O[C@H](CO)[C@H]1O. The topological polar surface area (TPSA) is 105 Å². The van der Waals surface area contributed by atoms with Gasteiger partial charge in [-0.25, -0.2) is 4.79 Å². The molecule has 1 fully saturated rings. The minimum Gasteiger partial charge on any atom is -0.394 e. The second-order valence-corrected chi connectivity index (χ2v) is 5.77. The zero-order chi connectivity index (χ0) is 16.1. The van der Waals surface area contributed by atoms with Gasteiger partial charge in [0.25, 0.3) is 5.56 Å². The molecule has 22 heavy (non-hydrogen) atoms. The van der Waals surface area contributed by atoms with Gasteiger partial charge in [-0.05, 0) is 6.42 Å². The van der Waals surface area contributed by atoms with E-state index in [0.717, 1.165) is 25.7 Å². The number of ether oxygens (including phenoxy) is 1. The summed E-state index contributed by atoms with van der Waals surface area (Å²) in [6, 6.07) is 1.25. The van der Waals surface area contributed by atoms with E-state index in [9.17, 15) is 19.8 Å². The molecular formula is C15H24N2O5. The molecular weight excluding hydrogens is 288 g/mol. The molecule has 3 N–H and O–H groups in total. The summed E-state index contributed by atoms with van der Waals surface area (Å²) >= 11 is 0. The van der Waals surface area contributed by atoms with Gasteiger partial charge >= 0.3 is 5.69 Å². The van der Waals surface area contributed by atoms with Crippen LogP contribution in [-0.4, -0.2) is 38.6 Å². The van der Waals surface area contributed by atoms with Gasteiger partial charge in [0.2, 0.25) is 0 Å². The number of hydrogen-bond acceptors (Lipinski definition) is 5. The van der Waals surface area contributed by atoms with E-state index in [0.29, 0.717) is 6.42 Å². The van der Waals surface area contributed by atoms with Gasteiger partial charge in [0.1, 0.15) is 12.3 Å². The molecule has 1 aromatic rings. The molecule has 0 radical (unpaired) electrons. The van der Waals surface area contributed by atoms with E-state index < -0.39 is 29.7 Å². The number of aliphatic hydroxyl groups excluding tert-OH is 2. The number of rotatable bonds is 7. The largest absolute Gasteiger partial charge is 0.394 e. The first-order valence-electron chi connectivity index (χ1n) is 7.84. The van der Waals surface area contributed by atoms with Crippen LogP contribution in [0.5, 0.6) is 0 Å². The molecule has 7 heteroatoms. The Morgan fingerprint density at radius 2 is 2.09 bits per heavy atom. The molecule has 0 amide bonds. The Morgan fingerprint density at radius 3 is 2.73 bits per heavy atom. The lowest BCUT2D eigenvalue weighted by Crippen LogP contribution is -2.34. The highest BCUT2D eigenvalue weighted by atomic mass is 16.5. The van der Waals surface area contributed by atoms with Crippen molar-refractivity contribution in [2.75, 3.05) is 6.61 Å². The minimum absolute atomic E-state index is 0.280. The van der Waals surface area contributed by atoms with Crippen molar-refractivity contribution < 1.29 is 14.9 Å². The van der Waals surface area contributed by atoms with E-state index in [-0.39, 0.29) is 12.5 Å². The molecule has 4 atom stereocenters. The van der Waals surface area contributed by atoms with Crippen molar-refractivity contribution in [1.29, 1.82) is 0 Å². The molecule has 124 valence electrons. The van der Waals surface area contributed by atoms with Crippen molar-refractivity contribution in [3.05, 3.63) is 33.1 Å². The lowest BCUT2D eigenvalue weighted by Gasteiger charge is -2.21. The zero-order valence-electron chi connectivity index (χ0n) is 12.8. The van der Waals surface area contributed by atoms with Gasteiger partial charge in [0, 0.05) is 18.2 Å². The zero-order valence-corrected chi connectivity index (χ0v) is 12.8. The Labute approximate surface area is 128 Å². The highest BCUT2D eigenvalue weighted by molar-refractivity contribution is 4.92. The monoisotopic (exact) mass is 312 g/mol. The Hall–Kier alpha value is -1.44. The molecule has 1 aliphatic heterocycles. The molecule has 0 bridgehead atoms. The number of nitrogens with zero attached hydrogens (tertiary/aromatic N) is 1. The summed E-state index contributed by atoms with van der Waals surface area (Å²) in [6.07, 6.45) is 4.09. The van der Waals surface area contributed by atoms with Crippen LogP contribution in [0.25, 0.3) is 0 Å². The van der Waals surface area contributed by atoms with Gasteiger partial charge in [0.05, 0.1) is 12.7 Å². The number of hydrogen-bond donors (Lipinski definition) is 3. The van der Waals surface area contributed by atoms with Crippen molar-refractivity contribution in [3.8, 4) is 0 Å². The van der Waals surface area contributed by atoms with Crippen LogP contribution in [0, 0.1) is 5.92 Å². The van der Waals surface area contributed by atoms with Gasteiger partial charge in [-0.15, -0.1) is 0 Å². The average Bonchev–Trinajstić information content (AvgIpc) is 2.80. The summed E-state index contributed by atoms with van der Waals surface area (Å²) in [4.78, 5) is 25.3. The molecule has 1 aromatic heterocycles. The predicted molar refractivity (Wildman–Crippen MR) is 80.6 cm³/mol. The maximum absolute atomic E-state index is 11.9. The summed E-state index contributed by atoms with van der Waals surface area (Å²) in [5.41, 5.74) is -1.04. The number of unbranched alkanes of at least 4 members (excludes halogenated alkanes) is 3. The molecule has 1 aliphatic rings. The Balaban J connectivity index is 2.18. The molecule has 1 unspecified atom stereocenters. The van der Waals surface area contributed by atoms with E-state index in [1.165, 1.54) is 16.8 Å². The van der Waals surface area contributed by atoms with Crippen molar-refractivity contribution in [1.82, 2.24) is 9.55 Å². The average molecular weight is 312 g/mol. The molecule has 0 aliphatic carbocycles. The lowest BCUT2D eigenvalue weighted by atomic mass is 9.93. The molecule has 0 aromatic carbocycles. The number of H-pyrrole nitrogens is 1. The van der Waals surface area contributed by atoms with Gasteiger partial charge in [0.15, 0.2) is 0 Å². The first-order valence-corrected chi connectivity index (χ1v) is 7.84. The van der Waals surface area contributed by atoms with Crippen LogP contribution in [0.2, 0.25) is 0 Å². The van der Waals surface area contributed by atoms with E-state index in [4.69, 9.17) is 4.74 Å². The van der Waals surface area contributed by atoms with Crippen LogP contribution in [0.4, 0.5) is 0 Å². The number of nitrogens with one attached hydrogen (secondary N) is 1. The van der Waals surface area contributed by atoms with Crippen molar-refractivity contribution in [2.24, 2.45) is 5.92 Å². The molecule has 2 heterocycles.